The van der Waals surface area contributed by atoms with Crippen LogP contribution in [0.4, 0.5) is 0 Å². The van der Waals surface area contributed by atoms with E-state index >= 15 is 0 Å². The van der Waals surface area contributed by atoms with Gasteiger partial charge in [0.15, 0.2) is 6.23 Å². The Labute approximate surface area is 100 Å². The molecule has 0 aromatic heterocycles. The van der Waals surface area contributed by atoms with Crippen LogP contribution in [-0.2, 0) is 4.74 Å². The first kappa shape index (κ1) is 11.5. The van der Waals surface area contributed by atoms with Crippen LogP contribution >= 0.6 is 15.9 Å². The number of nitrogens with two attached hydrogens (primary N) is 2. The van der Waals surface area contributed by atoms with Crippen molar-refractivity contribution in [2.24, 2.45) is 11.7 Å². The monoisotopic (exact) mass is 286 g/mol. The second kappa shape index (κ2) is 4.48. The van der Waals surface area contributed by atoms with Crippen molar-refractivity contribution >= 4 is 21.8 Å². The second-order valence-corrected chi connectivity index (χ2v) is 4.26. The molecule has 1 aromatic carbocycles. The van der Waals surface area contributed by atoms with Crippen LogP contribution in [-0.4, -0.2) is 12.1 Å². The lowest BCUT2D eigenvalue weighted by Gasteiger charge is -2.06. The van der Waals surface area contributed by atoms with Crippen molar-refractivity contribution in [3.63, 3.8) is 0 Å². The molecule has 86 valence electrons. The van der Waals surface area contributed by atoms with Gasteiger partial charge in [0.25, 0.3) is 5.91 Å². The topological polar surface area (TPSA) is 106 Å². The first-order valence-electron chi connectivity index (χ1n) is 4.59. The molecule has 6 nitrogen and oxygen atoms in total. The number of epoxide rings is 1. The van der Waals surface area contributed by atoms with Crippen molar-refractivity contribution in [2.45, 2.75) is 12.3 Å². The summed E-state index contributed by atoms with van der Waals surface area (Å²) in [6, 6.07) is 5.32. The van der Waals surface area contributed by atoms with Gasteiger partial charge in [0, 0.05) is 10.0 Å². The maximum Gasteiger partial charge on any atom is 0.265 e. The second-order valence-electron chi connectivity index (χ2n) is 3.35. The highest BCUT2D eigenvalue weighted by molar-refractivity contribution is 9.10. The van der Waals surface area contributed by atoms with Gasteiger partial charge in [-0.25, -0.2) is 11.3 Å². The number of rotatable bonds is 3. The van der Waals surface area contributed by atoms with Gasteiger partial charge >= 0.3 is 0 Å². The fraction of sp³-hybridized carbons (Fsp3) is 0.222. The molecule has 16 heavy (non-hydrogen) atoms. The van der Waals surface area contributed by atoms with Gasteiger partial charge in [-0.05, 0) is 17.7 Å². The largest absolute Gasteiger partial charge is 0.347 e. The Morgan fingerprint density at radius 2 is 2.19 bits per heavy atom. The third kappa shape index (κ3) is 2.08. The Kier molecular flexibility index (Phi) is 3.22. The highest BCUT2D eigenvalue weighted by Gasteiger charge is 2.41. The molecule has 0 bridgehead atoms. The zero-order valence-corrected chi connectivity index (χ0v) is 9.82. The summed E-state index contributed by atoms with van der Waals surface area (Å²) < 4.78 is 6.05. The molecule has 2 unspecified atom stereocenters. The first-order valence-corrected chi connectivity index (χ1v) is 5.38. The minimum Gasteiger partial charge on any atom is -0.347 e. The lowest BCUT2D eigenvalue weighted by Crippen LogP contribution is -2.31. The molecule has 7 heteroatoms. The van der Waals surface area contributed by atoms with E-state index < -0.39 is 0 Å². The number of amides is 1. The van der Waals surface area contributed by atoms with Gasteiger partial charge in [0.2, 0.25) is 0 Å². The number of ether oxygens (including phenoxy) is 1. The molecule has 6 N–H and O–H groups in total. The van der Waals surface area contributed by atoms with Gasteiger partial charge in [0.1, 0.15) is 6.10 Å². The van der Waals surface area contributed by atoms with E-state index in [0.717, 1.165) is 10.0 Å². The zero-order valence-electron chi connectivity index (χ0n) is 8.24. The van der Waals surface area contributed by atoms with Crippen molar-refractivity contribution in [1.82, 2.24) is 10.9 Å². The van der Waals surface area contributed by atoms with Gasteiger partial charge in [-0.2, -0.15) is 0 Å². The standard InChI is InChI=1S/C9H11BrN4O2/c10-4-1-2-5(7-9(14-12)16-7)6(3-4)8(15)13-11/h1-3,7,9,14H,11-12H2,(H,13,15). The van der Waals surface area contributed by atoms with Crippen molar-refractivity contribution in [2.75, 3.05) is 0 Å². The van der Waals surface area contributed by atoms with Crippen LogP contribution in [0.5, 0.6) is 0 Å². The number of hydrogen-bond acceptors (Lipinski definition) is 5. The van der Waals surface area contributed by atoms with E-state index in [1.165, 1.54) is 0 Å². The quantitative estimate of drug-likeness (QED) is 0.269. The number of carbonyl (C=O) groups excluding carboxylic acids is 1. The van der Waals surface area contributed by atoms with E-state index in [1.807, 2.05) is 6.07 Å². The van der Waals surface area contributed by atoms with E-state index in [2.05, 4.69) is 26.8 Å². The maximum absolute atomic E-state index is 11.5. The molecule has 0 spiro atoms. The molecular weight excluding hydrogens is 276 g/mol. The summed E-state index contributed by atoms with van der Waals surface area (Å²) in [5, 5.41) is 0. The summed E-state index contributed by atoms with van der Waals surface area (Å²) in [5.74, 6) is 10.00. The molecule has 2 atom stereocenters. The molecule has 1 fully saturated rings. The van der Waals surface area contributed by atoms with Gasteiger partial charge < -0.3 is 4.74 Å². The molecule has 0 saturated carbocycles. The van der Waals surface area contributed by atoms with Gasteiger partial charge in [0.05, 0.1) is 0 Å². The number of hydrogen-bond donors (Lipinski definition) is 4. The van der Waals surface area contributed by atoms with Crippen LogP contribution in [0.3, 0.4) is 0 Å². The normalized spacial score (nSPS) is 22.9. The van der Waals surface area contributed by atoms with Gasteiger partial charge in [-0.15, -0.1) is 0 Å². The highest BCUT2D eigenvalue weighted by atomic mass is 79.9. The molecular formula is C9H11BrN4O2. The average Bonchev–Trinajstić information content (AvgIpc) is 3.07. The smallest absolute Gasteiger partial charge is 0.265 e. The molecule has 0 radical (unpaired) electrons. The molecule has 1 amide bonds. The number of halogens is 1. The van der Waals surface area contributed by atoms with E-state index in [-0.39, 0.29) is 18.2 Å². The summed E-state index contributed by atoms with van der Waals surface area (Å²) in [6.07, 6.45) is -0.448. The molecule has 1 aromatic rings. The molecule has 1 aliphatic heterocycles. The summed E-state index contributed by atoms with van der Waals surface area (Å²) in [4.78, 5) is 11.5. The molecule has 1 heterocycles. The van der Waals surface area contributed by atoms with Crippen LogP contribution in [0.15, 0.2) is 22.7 Å². The lowest BCUT2D eigenvalue weighted by atomic mass is 10.0. The minimum absolute atomic E-state index is 0.203. The van der Waals surface area contributed by atoms with Crippen molar-refractivity contribution in [1.29, 1.82) is 0 Å². The van der Waals surface area contributed by atoms with Crippen LogP contribution < -0.4 is 22.5 Å². The van der Waals surface area contributed by atoms with Crippen LogP contribution in [0, 0.1) is 0 Å². The first-order chi connectivity index (χ1) is 7.67. The molecule has 0 aliphatic carbocycles. The summed E-state index contributed by atoms with van der Waals surface area (Å²) >= 11 is 3.29. The van der Waals surface area contributed by atoms with Crippen LogP contribution in [0.2, 0.25) is 0 Å². The number of carbonyl (C=O) groups is 1. The zero-order chi connectivity index (χ0) is 11.7. The number of benzene rings is 1. The van der Waals surface area contributed by atoms with Crippen molar-refractivity contribution < 1.29 is 9.53 Å². The van der Waals surface area contributed by atoms with E-state index in [1.54, 1.807) is 12.1 Å². The predicted molar refractivity (Wildman–Crippen MR) is 60.7 cm³/mol. The Balaban J connectivity index is 2.33. The van der Waals surface area contributed by atoms with E-state index in [0.29, 0.717) is 5.56 Å². The maximum atomic E-state index is 11.5. The van der Waals surface area contributed by atoms with Crippen LogP contribution in [0.1, 0.15) is 22.0 Å². The van der Waals surface area contributed by atoms with Gasteiger partial charge in [-0.3, -0.25) is 16.1 Å². The molecule has 1 aliphatic rings. The Morgan fingerprint density at radius 3 is 2.75 bits per heavy atom. The number of hydrazine groups is 2. The Bertz CT molecular complexity index is 426. The summed E-state index contributed by atoms with van der Waals surface area (Å²) in [5.41, 5.74) is 5.82. The van der Waals surface area contributed by atoms with Crippen molar-refractivity contribution in [3.05, 3.63) is 33.8 Å². The average molecular weight is 287 g/mol. The number of nitrogen functional groups attached to an aromatic ring is 1. The van der Waals surface area contributed by atoms with Gasteiger partial charge in [-0.1, -0.05) is 22.0 Å². The molecule has 1 saturated heterocycles. The van der Waals surface area contributed by atoms with E-state index in [9.17, 15) is 4.79 Å². The minimum atomic E-state index is -0.359. The highest BCUT2D eigenvalue weighted by Crippen LogP contribution is 2.38. The van der Waals surface area contributed by atoms with Crippen molar-refractivity contribution in [3.8, 4) is 0 Å². The fourth-order valence-electron chi connectivity index (χ4n) is 1.53. The third-order valence-electron chi connectivity index (χ3n) is 2.35. The SMILES string of the molecule is NNC(=O)c1cc(Br)ccc1C1OC1NN. The summed E-state index contributed by atoms with van der Waals surface area (Å²) in [6.45, 7) is 0. The van der Waals surface area contributed by atoms with E-state index in [4.69, 9.17) is 16.4 Å². The Morgan fingerprint density at radius 1 is 1.44 bits per heavy atom. The molecule has 2 rings (SSSR count). The fourth-order valence-corrected chi connectivity index (χ4v) is 1.89. The predicted octanol–water partition coefficient (Wildman–Crippen LogP) is -0.0867. The Hall–Kier alpha value is -0.990. The lowest BCUT2D eigenvalue weighted by molar-refractivity contribution is 0.0952. The summed E-state index contributed by atoms with van der Waals surface area (Å²) in [7, 11) is 0. The number of nitrogens with one attached hydrogen (secondary N) is 2. The van der Waals surface area contributed by atoms with Crippen LogP contribution in [0.25, 0.3) is 0 Å². The third-order valence-corrected chi connectivity index (χ3v) is 2.85.